The van der Waals surface area contributed by atoms with Gasteiger partial charge < -0.3 is 14.9 Å². The molecule has 0 saturated carbocycles. The molecule has 0 aliphatic carbocycles. The van der Waals surface area contributed by atoms with Gasteiger partial charge in [0.25, 0.3) is 5.56 Å². The molecule has 2 heterocycles. The van der Waals surface area contributed by atoms with Gasteiger partial charge in [0.15, 0.2) is 5.78 Å². The van der Waals surface area contributed by atoms with Crippen LogP contribution in [0.1, 0.15) is 29.9 Å². The van der Waals surface area contributed by atoms with Crippen molar-refractivity contribution in [3.63, 3.8) is 0 Å². The molecule has 1 saturated heterocycles. The molecule has 1 aromatic rings. The van der Waals surface area contributed by atoms with Crippen LogP contribution in [0.15, 0.2) is 15.8 Å². The first-order valence-electron chi connectivity index (χ1n) is 5.74. The summed E-state index contributed by atoms with van der Waals surface area (Å²) in [7, 11) is 0. The molecule has 3 atom stereocenters. The molecular formula is C11H14N2O6. The Balaban J connectivity index is 2.41. The van der Waals surface area contributed by atoms with E-state index in [2.05, 4.69) is 0 Å². The van der Waals surface area contributed by atoms with Crippen LogP contribution in [0.25, 0.3) is 0 Å². The number of hydrogen-bond donors (Lipinski definition) is 3. The predicted molar refractivity (Wildman–Crippen MR) is 62.9 cm³/mol. The van der Waals surface area contributed by atoms with Gasteiger partial charge >= 0.3 is 5.69 Å². The maximum absolute atomic E-state index is 11.7. The Bertz CT molecular complexity index is 604. The monoisotopic (exact) mass is 270 g/mol. The van der Waals surface area contributed by atoms with Gasteiger partial charge in [-0.15, -0.1) is 0 Å². The second kappa shape index (κ2) is 5.08. The third-order valence-electron chi connectivity index (χ3n) is 3.04. The number of rotatable bonds is 3. The number of aliphatic hydroxyl groups is 2. The van der Waals surface area contributed by atoms with E-state index in [1.54, 1.807) is 0 Å². The van der Waals surface area contributed by atoms with Crippen molar-refractivity contribution in [2.24, 2.45) is 0 Å². The topological polar surface area (TPSA) is 122 Å². The molecule has 1 aliphatic rings. The molecule has 8 heteroatoms. The van der Waals surface area contributed by atoms with E-state index >= 15 is 0 Å². The van der Waals surface area contributed by atoms with E-state index in [1.165, 1.54) is 6.92 Å². The van der Waals surface area contributed by atoms with E-state index in [9.17, 15) is 19.5 Å². The second-order valence-corrected chi connectivity index (χ2v) is 4.38. The van der Waals surface area contributed by atoms with Crippen molar-refractivity contribution < 1.29 is 19.7 Å². The van der Waals surface area contributed by atoms with E-state index in [0.717, 1.165) is 10.8 Å². The highest BCUT2D eigenvalue weighted by atomic mass is 16.5. The first-order chi connectivity index (χ1) is 8.93. The van der Waals surface area contributed by atoms with Gasteiger partial charge in [-0.3, -0.25) is 19.1 Å². The summed E-state index contributed by atoms with van der Waals surface area (Å²) < 4.78 is 6.33. The van der Waals surface area contributed by atoms with Crippen molar-refractivity contribution in [3.05, 3.63) is 32.6 Å². The number of aromatic nitrogens is 2. The van der Waals surface area contributed by atoms with E-state index in [-0.39, 0.29) is 18.6 Å². The smallest absolute Gasteiger partial charge is 0.330 e. The number of Topliss-reactive ketones (excluding diaryl/α,β-unsaturated/α-hetero) is 1. The van der Waals surface area contributed by atoms with Crippen LogP contribution in [0, 0.1) is 0 Å². The summed E-state index contributed by atoms with van der Waals surface area (Å²) in [6.07, 6.45) is -1.32. The minimum absolute atomic E-state index is 0.0918. The highest BCUT2D eigenvalue weighted by molar-refractivity contribution is 5.93. The van der Waals surface area contributed by atoms with Crippen LogP contribution in [0.2, 0.25) is 0 Å². The Labute approximate surface area is 107 Å². The second-order valence-electron chi connectivity index (χ2n) is 4.38. The number of hydrogen-bond acceptors (Lipinski definition) is 6. The summed E-state index contributed by atoms with van der Waals surface area (Å²) in [5.74, 6) is -0.479. The zero-order valence-corrected chi connectivity index (χ0v) is 10.2. The van der Waals surface area contributed by atoms with Crippen LogP contribution >= 0.6 is 0 Å². The minimum Gasteiger partial charge on any atom is -0.394 e. The highest BCUT2D eigenvalue weighted by Crippen LogP contribution is 2.27. The van der Waals surface area contributed by atoms with Crippen molar-refractivity contribution >= 4 is 5.78 Å². The summed E-state index contributed by atoms with van der Waals surface area (Å²) in [6.45, 7) is 0.829. The van der Waals surface area contributed by atoms with Gasteiger partial charge in [0, 0.05) is 12.6 Å². The Morgan fingerprint density at radius 1 is 1.58 bits per heavy atom. The number of ketones is 1. The molecule has 0 amide bonds. The molecule has 3 N–H and O–H groups in total. The van der Waals surface area contributed by atoms with Gasteiger partial charge in [-0.25, -0.2) is 4.79 Å². The summed E-state index contributed by atoms with van der Waals surface area (Å²) >= 11 is 0. The number of nitrogens with zero attached hydrogens (tertiary/aromatic N) is 1. The number of aromatic amines is 1. The Morgan fingerprint density at radius 3 is 2.79 bits per heavy atom. The fraction of sp³-hybridized carbons (Fsp3) is 0.545. The molecule has 2 rings (SSSR count). The van der Waals surface area contributed by atoms with E-state index in [0.29, 0.717) is 0 Å². The molecule has 0 bridgehead atoms. The van der Waals surface area contributed by atoms with Crippen LogP contribution in [-0.4, -0.2) is 44.4 Å². The zero-order chi connectivity index (χ0) is 14.2. The first kappa shape index (κ1) is 13.7. The average Bonchev–Trinajstić information content (AvgIpc) is 2.69. The van der Waals surface area contributed by atoms with Crippen LogP contribution < -0.4 is 11.2 Å². The molecule has 0 radical (unpaired) electrons. The van der Waals surface area contributed by atoms with Crippen molar-refractivity contribution in [2.45, 2.75) is 31.8 Å². The van der Waals surface area contributed by atoms with Gasteiger partial charge in [0.05, 0.1) is 18.3 Å². The number of aliphatic hydroxyl groups excluding tert-OH is 2. The number of nitrogens with one attached hydrogen (secondary N) is 1. The molecule has 19 heavy (non-hydrogen) atoms. The molecule has 0 unspecified atom stereocenters. The molecule has 0 aromatic carbocycles. The van der Waals surface area contributed by atoms with E-state index < -0.39 is 35.5 Å². The summed E-state index contributed by atoms with van der Waals surface area (Å²) in [4.78, 5) is 36.4. The van der Waals surface area contributed by atoms with Crippen molar-refractivity contribution in [1.82, 2.24) is 9.55 Å². The van der Waals surface area contributed by atoms with E-state index in [1.807, 2.05) is 4.98 Å². The van der Waals surface area contributed by atoms with Gasteiger partial charge in [0.2, 0.25) is 0 Å². The maximum Gasteiger partial charge on any atom is 0.330 e. The van der Waals surface area contributed by atoms with Crippen LogP contribution in [0.3, 0.4) is 0 Å². The lowest BCUT2D eigenvalue weighted by Crippen LogP contribution is -2.35. The third kappa shape index (κ3) is 2.50. The number of ether oxygens (including phenoxy) is 1. The summed E-state index contributed by atoms with van der Waals surface area (Å²) in [5, 5.41) is 18.6. The zero-order valence-electron chi connectivity index (χ0n) is 10.2. The molecule has 1 aromatic heterocycles. The summed E-state index contributed by atoms with van der Waals surface area (Å²) in [5.41, 5.74) is -1.65. The Morgan fingerprint density at radius 2 is 2.26 bits per heavy atom. The molecule has 0 spiro atoms. The quantitative estimate of drug-likeness (QED) is 0.567. The lowest BCUT2D eigenvalue weighted by molar-refractivity contribution is -0.0459. The molecule has 104 valence electrons. The SMILES string of the molecule is CC(=O)c1cn([C@H]2C[C@H](O)[C@@H](CO)O2)c(=O)[nH]c1=O. The van der Waals surface area contributed by atoms with Gasteiger partial charge in [-0.05, 0) is 6.92 Å². The fourth-order valence-electron chi connectivity index (χ4n) is 2.00. The van der Waals surface area contributed by atoms with Gasteiger partial charge in [-0.2, -0.15) is 0 Å². The molecular weight excluding hydrogens is 256 g/mol. The van der Waals surface area contributed by atoms with Crippen molar-refractivity contribution in [1.29, 1.82) is 0 Å². The largest absolute Gasteiger partial charge is 0.394 e. The Hall–Kier alpha value is -1.77. The lowest BCUT2D eigenvalue weighted by atomic mass is 10.2. The third-order valence-corrected chi connectivity index (χ3v) is 3.04. The summed E-state index contributed by atoms with van der Waals surface area (Å²) in [6, 6.07) is 0. The van der Waals surface area contributed by atoms with Crippen LogP contribution in [0.4, 0.5) is 0 Å². The van der Waals surface area contributed by atoms with Crippen molar-refractivity contribution in [3.8, 4) is 0 Å². The predicted octanol–water partition coefficient (Wildman–Crippen LogP) is -1.62. The Kier molecular flexibility index (Phi) is 3.65. The average molecular weight is 270 g/mol. The van der Waals surface area contributed by atoms with E-state index in [4.69, 9.17) is 9.84 Å². The highest BCUT2D eigenvalue weighted by Gasteiger charge is 2.35. The minimum atomic E-state index is -0.908. The van der Waals surface area contributed by atoms with Crippen LogP contribution in [0.5, 0.6) is 0 Å². The van der Waals surface area contributed by atoms with Gasteiger partial charge in [-0.1, -0.05) is 0 Å². The number of H-pyrrole nitrogens is 1. The maximum atomic E-state index is 11.7. The molecule has 1 aliphatic heterocycles. The standard InChI is InChI=1S/C11H14N2O6/c1-5(15)6-3-13(11(18)12-10(6)17)9-2-7(16)8(4-14)19-9/h3,7-9,14,16H,2,4H2,1H3,(H,12,17,18)/t7-,8+,9+/m0/s1. The molecule has 1 fully saturated rings. The van der Waals surface area contributed by atoms with Crippen molar-refractivity contribution in [2.75, 3.05) is 6.61 Å². The van der Waals surface area contributed by atoms with Gasteiger partial charge in [0.1, 0.15) is 12.3 Å². The lowest BCUT2D eigenvalue weighted by Gasteiger charge is -2.14. The fourth-order valence-corrected chi connectivity index (χ4v) is 2.00. The normalized spacial score (nSPS) is 26.6. The number of carbonyl (C=O) groups excluding carboxylic acids is 1. The first-order valence-corrected chi connectivity index (χ1v) is 5.74. The molecule has 8 nitrogen and oxygen atoms in total. The van der Waals surface area contributed by atoms with Crippen LogP contribution in [-0.2, 0) is 4.74 Å². The number of carbonyl (C=O) groups is 1.